The van der Waals surface area contributed by atoms with Gasteiger partial charge in [-0.1, -0.05) is 12.1 Å². The van der Waals surface area contributed by atoms with Crippen LogP contribution in [-0.2, 0) is 18.4 Å². The number of methoxy groups -OCH3 is 1. The number of benzene rings is 1. The van der Waals surface area contributed by atoms with Crippen LogP contribution in [-0.4, -0.2) is 32.2 Å². The van der Waals surface area contributed by atoms with E-state index in [0.717, 1.165) is 0 Å². The van der Waals surface area contributed by atoms with Gasteiger partial charge in [0, 0.05) is 7.05 Å². The molecule has 3 heterocycles. The van der Waals surface area contributed by atoms with Crippen molar-refractivity contribution in [3.05, 3.63) is 57.5 Å². The van der Waals surface area contributed by atoms with Gasteiger partial charge in [-0.15, -0.1) is 21.5 Å². The Labute approximate surface area is 151 Å². The first-order valence-electron chi connectivity index (χ1n) is 7.72. The van der Waals surface area contributed by atoms with Crippen molar-refractivity contribution in [2.75, 3.05) is 7.11 Å². The van der Waals surface area contributed by atoms with Gasteiger partial charge >= 0.3 is 5.97 Å². The standard InChI is InChI=1S/C17H14N4O4S/c1-20-15(22)14-11(7-8-26-14)21-13(18-19-17(20)21)9-25-16(23)10-5-3-4-6-12(10)24-2/h3-8H,9H2,1-2H3. The maximum Gasteiger partial charge on any atom is 0.342 e. The van der Waals surface area contributed by atoms with Crippen LogP contribution < -0.4 is 10.3 Å². The molecule has 0 saturated carbocycles. The lowest BCUT2D eigenvalue weighted by Crippen LogP contribution is -2.19. The average Bonchev–Trinajstić information content (AvgIpc) is 3.30. The number of esters is 1. The van der Waals surface area contributed by atoms with Crippen molar-refractivity contribution in [1.29, 1.82) is 0 Å². The van der Waals surface area contributed by atoms with Crippen molar-refractivity contribution in [3.8, 4) is 5.75 Å². The molecule has 132 valence electrons. The van der Waals surface area contributed by atoms with E-state index in [-0.39, 0.29) is 12.2 Å². The summed E-state index contributed by atoms with van der Waals surface area (Å²) >= 11 is 1.35. The summed E-state index contributed by atoms with van der Waals surface area (Å²) in [6.07, 6.45) is 0. The number of thiophene rings is 1. The summed E-state index contributed by atoms with van der Waals surface area (Å²) in [6.45, 7) is -0.0821. The fourth-order valence-corrected chi connectivity index (χ4v) is 3.62. The third-order valence-corrected chi connectivity index (χ3v) is 4.95. The Hall–Kier alpha value is -3.20. The van der Waals surface area contributed by atoms with Gasteiger partial charge in [0.25, 0.3) is 5.56 Å². The van der Waals surface area contributed by atoms with Gasteiger partial charge < -0.3 is 9.47 Å². The van der Waals surface area contributed by atoms with Crippen LogP contribution in [0.5, 0.6) is 5.75 Å². The highest BCUT2D eigenvalue weighted by molar-refractivity contribution is 7.17. The van der Waals surface area contributed by atoms with Crippen LogP contribution in [0, 0.1) is 0 Å². The number of aryl methyl sites for hydroxylation is 1. The van der Waals surface area contributed by atoms with E-state index in [0.29, 0.717) is 33.1 Å². The second-order valence-corrected chi connectivity index (χ2v) is 6.44. The van der Waals surface area contributed by atoms with Gasteiger partial charge in [-0.25, -0.2) is 4.79 Å². The number of aromatic nitrogens is 4. The van der Waals surface area contributed by atoms with E-state index < -0.39 is 5.97 Å². The third-order valence-electron chi connectivity index (χ3n) is 4.06. The summed E-state index contributed by atoms with van der Waals surface area (Å²) in [5.41, 5.74) is 0.894. The van der Waals surface area contributed by atoms with Gasteiger partial charge in [0.15, 0.2) is 12.4 Å². The molecule has 0 N–H and O–H groups in total. The molecule has 8 nitrogen and oxygen atoms in total. The summed E-state index contributed by atoms with van der Waals surface area (Å²) in [5.74, 6) is 0.739. The van der Waals surface area contributed by atoms with Gasteiger partial charge in [-0.05, 0) is 23.6 Å². The zero-order chi connectivity index (χ0) is 18.3. The second-order valence-electron chi connectivity index (χ2n) is 5.53. The van der Waals surface area contributed by atoms with Crippen molar-refractivity contribution in [2.45, 2.75) is 6.61 Å². The van der Waals surface area contributed by atoms with Crippen LogP contribution in [0.3, 0.4) is 0 Å². The Morgan fingerprint density at radius 3 is 2.85 bits per heavy atom. The minimum atomic E-state index is -0.523. The lowest BCUT2D eigenvalue weighted by atomic mass is 10.2. The predicted molar refractivity (Wildman–Crippen MR) is 95.7 cm³/mol. The average molecular weight is 370 g/mol. The molecule has 4 rings (SSSR count). The number of fused-ring (bicyclic) bond motifs is 3. The SMILES string of the molecule is COc1ccccc1C(=O)OCc1nnc2n(C)c(=O)c3sccc3n12. The molecule has 4 aromatic rings. The highest BCUT2D eigenvalue weighted by atomic mass is 32.1. The first kappa shape index (κ1) is 16.3. The summed E-state index contributed by atoms with van der Waals surface area (Å²) in [6, 6.07) is 8.65. The largest absolute Gasteiger partial charge is 0.496 e. The zero-order valence-electron chi connectivity index (χ0n) is 14.0. The van der Waals surface area contributed by atoms with Gasteiger partial charge in [0.2, 0.25) is 5.78 Å². The lowest BCUT2D eigenvalue weighted by Gasteiger charge is -2.08. The molecule has 0 aliphatic carbocycles. The summed E-state index contributed by atoms with van der Waals surface area (Å²) < 4.78 is 14.3. The van der Waals surface area contributed by atoms with Crippen molar-refractivity contribution in [1.82, 2.24) is 19.2 Å². The minimum Gasteiger partial charge on any atom is -0.496 e. The summed E-state index contributed by atoms with van der Waals surface area (Å²) in [5, 5.41) is 9.97. The van der Waals surface area contributed by atoms with E-state index in [1.807, 2.05) is 11.4 Å². The Morgan fingerprint density at radius 1 is 1.23 bits per heavy atom. The van der Waals surface area contributed by atoms with Crippen molar-refractivity contribution in [3.63, 3.8) is 0 Å². The Balaban J connectivity index is 1.70. The number of hydrogen-bond donors (Lipinski definition) is 0. The number of ether oxygens (including phenoxy) is 2. The number of nitrogens with zero attached hydrogens (tertiary/aromatic N) is 4. The van der Waals surface area contributed by atoms with Crippen LogP contribution in [0.15, 0.2) is 40.5 Å². The molecule has 0 radical (unpaired) electrons. The zero-order valence-corrected chi connectivity index (χ0v) is 14.8. The summed E-state index contributed by atoms with van der Waals surface area (Å²) in [7, 11) is 3.13. The van der Waals surface area contributed by atoms with Crippen LogP contribution in [0.4, 0.5) is 0 Å². The first-order chi connectivity index (χ1) is 12.6. The van der Waals surface area contributed by atoms with Crippen LogP contribution in [0.2, 0.25) is 0 Å². The lowest BCUT2D eigenvalue weighted by molar-refractivity contribution is 0.0458. The van der Waals surface area contributed by atoms with E-state index in [1.54, 1.807) is 35.7 Å². The summed E-state index contributed by atoms with van der Waals surface area (Å²) in [4.78, 5) is 24.7. The number of rotatable bonds is 4. The maximum absolute atomic E-state index is 12.4. The Kier molecular flexibility index (Phi) is 3.92. The molecule has 0 spiro atoms. The third kappa shape index (κ3) is 2.44. The van der Waals surface area contributed by atoms with E-state index in [1.165, 1.54) is 23.0 Å². The fourth-order valence-electron chi connectivity index (χ4n) is 2.77. The van der Waals surface area contributed by atoms with Gasteiger partial charge in [0.1, 0.15) is 16.0 Å². The monoisotopic (exact) mass is 370 g/mol. The van der Waals surface area contributed by atoms with E-state index >= 15 is 0 Å². The topological polar surface area (TPSA) is 87.7 Å². The van der Waals surface area contributed by atoms with Crippen molar-refractivity contribution >= 4 is 33.3 Å². The fraction of sp³-hybridized carbons (Fsp3) is 0.176. The van der Waals surface area contributed by atoms with Crippen LogP contribution in [0.25, 0.3) is 16.0 Å². The molecule has 3 aromatic heterocycles. The van der Waals surface area contributed by atoms with Gasteiger partial charge in [0.05, 0.1) is 12.6 Å². The molecule has 0 saturated heterocycles. The normalized spacial score (nSPS) is 11.2. The molecule has 1 aromatic carbocycles. The quantitative estimate of drug-likeness (QED) is 0.511. The maximum atomic E-state index is 12.4. The second kappa shape index (κ2) is 6.26. The molecule has 0 fully saturated rings. The molecule has 0 aliphatic heterocycles. The molecular weight excluding hydrogens is 356 g/mol. The molecule has 0 aliphatic rings. The molecule has 9 heteroatoms. The number of para-hydroxylation sites is 1. The number of carbonyl (C=O) groups is 1. The minimum absolute atomic E-state index is 0.0821. The molecule has 0 unspecified atom stereocenters. The molecule has 0 bridgehead atoms. The predicted octanol–water partition coefficient (Wildman–Crippen LogP) is 2.01. The Bertz CT molecular complexity index is 1190. The highest BCUT2D eigenvalue weighted by Crippen LogP contribution is 2.21. The molecule has 26 heavy (non-hydrogen) atoms. The smallest absolute Gasteiger partial charge is 0.342 e. The molecular formula is C17H14N4O4S. The van der Waals surface area contributed by atoms with E-state index in [9.17, 15) is 9.59 Å². The number of hydrogen-bond acceptors (Lipinski definition) is 7. The van der Waals surface area contributed by atoms with Gasteiger partial charge in [-0.3, -0.25) is 13.8 Å². The highest BCUT2D eigenvalue weighted by Gasteiger charge is 2.18. The Morgan fingerprint density at radius 2 is 2.04 bits per heavy atom. The van der Waals surface area contributed by atoms with Gasteiger partial charge in [-0.2, -0.15) is 0 Å². The molecule has 0 amide bonds. The van der Waals surface area contributed by atoms with Crippen LogP contribution in [0.1, 0.15) is 16.2 Å². The first-order valence-corrected chi connectivity index (χ1v) is 8.60. The molecule has 0 atom stereocenters. The van der Waals surface area contributed by atoms with Crippen molar-refractivity contribution in [2.24, 2.45) is 7.05 Å². The number of carbonyl (C=O) groups excluding carboxylic acids is 1. The van der Waals surface area contributed by atoms with Crippen LogP contribution >= 0.6 is 11.3 Å². The van der Waals surface area contributed by atoms with E-state index in [4.69, 9.17) is 9.47 Å². The van der Waals surface area contributed by atoms with Crippen molar-refractivity contribution < 1.29 is 14.3 Å². The van der Waals surface area contributed by atoms with E-state index in [2.05, 4.69) is 10.2 Å².